The second-order valence-corrected chi connectivity index (χ2v) is 4.27. The Hall–Kier alpha value is -0.930. The van der Waals surface area contributed by atoms with Crippen LogP contribution in [0.15, 0.2) is 18.2 Å². The Morgan fingerprint density at radius 2 is 2.00 bits per heavy atom. The van der Waals surface area contributed by atoms with Crippen molar-refractivity contribution >= 4 is 0 Å². The van der Waals surface area contributed by atoms with Gasteiger partial charge in [0.15, 0.2) is 0 Å². The number of hydrogen-bond donors (Lipinski definition) is 2. The van der Waals surface area contributed by atoms with Crippen LogP contribution in [0.2, 0.25) is 0 Å². The Balaban J connectivity index is 2.20. The molecule has 2 N–H and O–H groups in total. The highest BCUT2D eigenvalue weighted by molar-refractivity contribution is 5.29. The summed E-state index contributed by atoms with van der Waals surface area (Å²) in [4.78, 5) is 0. The highest BCUT2D eigenvalue weighted by atomic mass is 19.1. The fourth-order valence-electron chi connectivity index (χ4n) is 1.85. The number of aryl methyl sites for hydroxylation is 1. The number of rotatable bonds is 3. The van der Waals surface area contributed by atoms with Gasteiger partial charge in [0.05, 0.1) is 6.10 Å². The number of halogens is 1. The van der Waals surface area contributed by atoms with E-state index in [1.54, 1.807) is 13.0 Å². The lowest BCUT2D eigenvalue weighted by atomic mass is 9.97. The van der Waals surface area contributed by atoms with E-state index in [0.29, 0.717) is 11.1 Å². The minimum atomic E-state index is -0.891. The molecular weight excluding hydrogens is 195 g/mol. The van der Waals surface area contributed by atoms with Gasteiger partial charge in [-0.15, -0.1) is 0 Å². The molecule has 0 bridgehead atoms. The van der Waals surface area contributed by atoms with Crippen molar-refractivity contribution in [2.75, 3.05) is 0 Å². The number of hydrogen-bond acceptors (Lipinski definition) is 2. The summed E-state index contributed by atoms with van der Waals surface area (Å²) >= 11 is 0. The highest BCUT2D eigenvalue weighted by Crippen LogP contribution is 2.38. The number of aliphatic hydroxyl groups is 2. The smallest absolute Gasteiger partial charge is 0.123 e. The van der Waals surface area contributed by atoms with Gasteiger partial charge in [-0.1, -0.05) is 6.07 Å². The van der Waals surface area contributed by atoms with Crippen molar-refractivity contribution in [3.05, 3.63) is 35.1 Å². The van der Waals surface area contributed by atoms with Crippen molar-refractivity contribution in [3.8, 4) is 0 Å². The SMILES string of the molecule is Cc1cc(F)ccc1C(O)C(O)C1CC1. The lowest BCUT2D eigenvalue weighted by Crippen LogP contribution is -2.21. The average Bonchev–Trinajstić information content (AvgIpc) is 2.99. The van der Waals surface area contributed by atoms with Crippen LogP contribution in [0.4, 0.5) is 4.39 Å². The Morgan fingerprint density at radius 1 is 1.33 bits per heavy atom. The minimum absolute atomic E-state index is 0.212. The molecule has 82 valence electrons. The van der Waals surface area contributed by atoms with Crippen LogP contribution in [0, 0.1) is 18.7 Å². The molecule has 0 saturated heterocycles. The van der Waals surface area contributed by atoms with Crippen LogP contribution in [0.1, 0.15) is 30.1 Å². The third-order valence-corrected chi connectivity index (χ3v) is 2.98. The molecule has 2 rings (SSSR count). The highest BCUT2D eigenvalue weighted by Gasteiger charge is 2.35. The normalized spacial score (nSPS) is 20.0. The molecule has 0 heterocycles. The van der Waals surface area contributed by atoms with E-state index in [0.717, 1.165) is 12.8 Å². The van der Waals surface area contributed by atoms with E-state index in [1.807, 2.05) is 0 Å². The van der Waals surface area contributed by atoms with Gasteiger partial charge < -0.3 is 10.2 Å². The number of benzene rings is 1. The summed E-state index contributed by atoms with van der Waals surface area (Å²) in [5.41, 5.74) is 1.30. The van der Waals surface area contributed by atoms with Gasteiger partial charge in [0.2, 0.25) is 0 Å². The Morgan fingerprint density at radius 3 is 2.53 bits per heavy atom. The number of aliphatic hydroxyl groups excluding tert-OH is 2. The van der Waals surface area contributed by atoms with Gasteiger partial charge in [-0.05, 0) is 48.9 Å². The molecule has 1 aromatic rings. The van der Waals surface area contributed by atoms with Crippen molar-refractivity contribution < 1.29 is 14.6 Å². The van der Waals surface area contributed by atoms with Gasteiger partial charge in [-0.25, -0.2) is 4.39 Å². The summed E-state index contributed by atoms with van der Waals surface area (Å²) in [6.45, 7) is 1.74. The predicted molar refractivity (Wildman–Crippen MR) is 54.8 cm³/mol. The van der Waals surface area contributed by atoms with Gasteiger partial charge in [0, 0.05) is 0 Å². The van der Waals surface area contributed by atoms with Crippen LogP contribution >= 0.6 is 0 Å². The van der Waals surface area contributed by atoms with Crippen molar-refractivity contribution in [1.29, 1.82) is 0 Å². The Labute approximate surface area is 88.4 Å². The van der Waals surface area contributed by atoms with E-state index in [1.165, 1.54) is 12.1 Å². The fraction of sp³-hybridized carbons (Fsp3) is 0.500. The molecule has 15 heavy (non-hydrogen) atoms. The second kappa shape index (κ2) is 3.91. The molecule has 0 radical (unpaired) electrons. The van der Waals surface area contributed by atoms with Crippen molar-refractivity contribution in [2.24, 2.45) is 5.92 Å². The van der Waals surface area contributed by atoms with Crippen LogP contribution in [0.25, 0.3) is 0 Å². The molecule has 2 atom stereocenters. The first kappa shape index (κ1) is 10.6. The molecular formula is C12H15FO2. The zero-order valence-corrected chi connectivity index (χ0v) is 8.65. The monoisotopic (exact) mass is 210 g/mol. The standard InChI is InChI=1S/C12H15FO2/c1-7-6-9(13)4-5-10(7)12(15)11(14)8-2-3-8/h4-6,8,11-12,14-15H,2-3H2,1H3. The molecule has 2 nitrogen and oxygen atoms in total. The molecule has 1 aromatic carbocycles. The largest absolute Gasteiger partial charge is 0.390 e. The van der Waals surface area contributed by atoms with Crippen molar-refractivity contribution in [2.45, 2.75) is 32.0 Å². The summed E-state index contributed by atoms with van der Waals surface area (Å²) in [6.07, 6.45) is 0.337. The molecule has 1 saturated carbocycles. The predicted octanol–water partition coefficient (Wildman–Crippen LogP) is 1.94. The summed E-state index contributed by atoms with van der Waals surface area (Å²) in [5.74, 6) is -0.103. The molecule has 2 unspecified atom stereocenters. The molecule has 0 aromatic heterocycles. The van der Waals surface area contributed by atoms with Crippen molar-refractivity contribution in [3.63, 3.8) is 0 Å². The lowest BCUT2D eigenvalue weighted by molar-refractivity contribution is 0.00446. The third-order valence-electron chi connectivity index (χ3n) is 2.98. The maximum absolute atomic E-state index is 12.8. The van der Waals surface area contributed by atoms with Crippen LogP contribution < -0.4 is 0 Å². The van der Waals surface area contributed by atoms with Crippen LogP contribution in [-0.2, 0) is 0 Å². The van der Waals surface area contributed by atoms with Gasteiger partial charge in [-0.2, -0.15) is 0 Å². The summed E-state index contributed by atoms with van der Waals surface area (Å²) < 4.78 is 12.8. The first-order valence-electron chi connectivity index (χ1n) is 5.22. The van der Waals surface area contributed by atoms with Gasteiger partial charge in [0.1, 0.15) is 11.9 Å². The molecule has 1 fully saturated rings. The topological polar surface area (TPSA) is 40.5 Å². The second-order valence-electron chi connectivity index (χ2n) is 4.27. The fourth-order valence-corrected chi connectivity index (χ4v) is 1.85. The zero-order chi connectivity index (χ0) is 11.0. The Kier molecular flexibility index (Phi) is 2.76. The summed E-state index contributed by atoms with van der Waals surface area (Å²) in [5, 5.41) is 19.7. The van der Waals surface area contributed by atoms with E-state index in [-0.39, 0.29) is 11.7 Å². The maximum Gasteiger partial charge on any atom is 0.123 e. The molecule has 1 aliphatic rings. The van der Waals surface area contributed by atoms with E-state index < -0.39 is 12.2 Å². The van der Waals surface area contributed by atoms with E-state index in [2.05, 4.69) is 0 Å². The van der Waals surface area contributed by atoms with Crippen LogP contribution in [0.3, 0.4) is 0 Å². The quantitative estimate of drug-likeness (QED) is 0.800. The molecule has 1 aliphatic carbocycles. The first-order valence-corrected chi connectivity index (χ1v) is 5.22. The summed E-state index contributed by atoms with van der Waals surface area (Å²) in [6, 6.07) is 4.23. The van der Waals surface area contributed by atoms with Crippen LogP contribution in [0.5, 0.6) is 0 Å². The lowest BCUT2D eigenvalue weighted by Gasteiger charge is -2.19. The first-order chi connectivity index (χ1) is 7.09. The molecule has 3 heteroatoms. The maximum atomic E-state index is 12.8. The molecule has 0 spiro atoms. The Bertz CT molecular complexity index is 361. The van der Waals surface area contributed by atoms with Gasteiger partial charge >= 0.3 is 0 Å². The van der Waals surface area contributed by atoms with Crippen LogP contribution in [-0.4, -0.2) is 16.3 Å². The average molecular weight is 210 g/mol. The third kappa shape index (κ3) is 2.19. The molecule has 0 amide bonds. The van der Waals surface area contributed by atoms with Gasteiger partial charge in [-0.3, -0.25) is 0 Å². The van der Waals surface area contributed by atoms with Crippen molar-refractivity contribution in [1.82, 2.24) is 0 Å². The minimum Gasteiger partial charge on any atom is -0.390 e. The van der Waals surface area contributed by atoms with E-state index >= 15 is 0 Å². The molecule has 0 aliphatic heterocycles. The summed E-state index contributed by atoms with van der Waals surface area (Å²) in [7, 11) is 0. The van der Waals surface area contributed by atoms with E-state index in [9.17, 15) is 14.6 Å². The van der Waals surface area contributed by atoms with E-state index in [4.69, 9.17) is 0 Å². The van der Waals surface area contributed by atoms with Gasteiger partial charge in [0.25, 0.3) is 0 Å². The zero-order valence-electron chi connectivity index (χ0n) is 8.65.